The molecule has 0 aromatic heterocycles. The average molecular weight is 256 g/mol. The summed E-state index contributed by atoms with van der Waals surface area (Å²) < 4.78 is 11.3. The summed E-state index contributed by atoms with van der Waals surface area (Å²) in [6.45, 7) is 9.93. The van der Waals surface area contributed by atoms with Gasteiger partial charge in [0.25, 0.3) is 0 Å². The van der Waals surface area contributed by atoms with Crippen molar-refractivity contribution in [2.45, 2.75) is 57.8 Å². The number of nitrogens with two attached hydrogens (primary N) is 1. The van der Waals surface area contributed by atoms with Crippen LogP contribution in [0.2, 0.25) is 0 Å². The number of hydrogen-bond acceptors (Lipinski definition) is 4. The van der Waals surface area contributed by atoms with Crippen molar-refractivity contribution in [1.29, 1.82) is 0 Å². The zero-order chi connectivity index (χ0) is 13.2. The number of ether oxygens (including phenoxy) is 2. The first-order valence-corrected chi connectivity index (χ1v) is 7.22. The highest BCUT2D eigenvalue weighted by Crippen LogP contribution is 2.49. The topological polar surface area (TPSA) is 56.5 Å². The van der Waals surface area contributed by atoms with E-state index in [0.717, 1.165) is 32.7 Å². The van der Waals surface area contributed by atoms with Crippen LogP contribution in [0.5, 0.6) is 0 Å². The van der Waals surface area contributed by atoms with Crippen molar-refractivity contribution in [3.63, 3.8) is 0 Å². The number of hydrogen-bond donors (Lipinski definition) is 2. The summed E-state index contributed by atoms with van der Waals surface area (Å²) in [5, 5.41) is 3.48. The van der Waals surface area contributed by atoms with Gasteiger partial charge in [0, 0.05) is 37.3 Å². The van der Waals surface area contributed by atoms with E-state index in [2.05, 4.69) is 19.2 Å². The van der Waals surface area contributed by atoms with Gasteiger partial charge in [0.15, 0.2) is 0 Å². The van der Waals surface area contributed by atoms with E-state index < -0.39 is 0 Å². The van der Waals surface area contributed by atoms with Crippen LogP contribution < -0.4 is 11.1 Å². The molecule has 2 fully saturated rings. The molecule has 4 nitrogen and oxygen atoms in total. The zero-order valence-electron chi connectivity index (χ0n) is 12.0. The third kappa shape index (κ3) is 2.57. The van der Waals surface area contributed by atoms with Crippen molar-refractivity contribution in [2.24, 2.45) is 11.1 Å². The molecule has 18 heavy (non-hydrogen) atoms. The fraction of sp³-hybridized carbons (Fsp3) is 1.00. The maximum atomic E-state index is 6.50. The maximum absolute atomic E-state index is 6.50. The van der Waals surface area contributed by atoms with Crippen molar-refractivity contribution in [2.75, 3.05) is 26.3 Å². The van der Waals surface area contributed by atoms with Crippen molar-refractivity contribution in [3.8, 4) is 0 Å². The Labute approximate surface area is 111 Å². The summed E-state index contributed by atoms with van der Waals surface area (Å²) in [5.41, 5.74) is 6.40. The second-order valence-corrected chi connectivity index (χ2v) is 6.29. The molecular weight excluding hydrogens is 228 g/mol. The van der Waals surface area contributed by atoms with Gasteiger partial charge in [-0.3, -0.25) is 0 Å². The molecule has 106 valence electrons. The SMILES string of the molecule is CCOC1CC(N)(CNCC2CCCO2)C1(C)C. The number of rotatable bonds is 6. The number of nitrogens with one attached hydrogen (secondary N) is 1. The highest BCUT2D eigenvalue weighted by Gasteiger charge is 2.58. The second-order valence-electron chi connectivity index (χ2n) is 6.29. The average Bonchev–Trinajstić information content (AvgIpc) is 2.82. The van der Waals surface area contributed by atoms with Crippen LogP contribution in [0, 0.1) is 5.41 Å². The Kier molecular flexibility index (Phi) is 4.32. The van der Waals surface area contributed by atoms with Crippen molar-refractivity contribution < 1.29 is 9.47 Å². The van der Waals surface area contributed by atoms with Gasteiger partial charge in [-0.2, -0.15) is 0 Å². The van der Waals surface area contributed by atoms with E-state index in [0.29, 0.717) is 12.2 Å². The van der Waals surface area contributed by atoms with Gasteiger partial charge < -0.3 is 20.5 Å². The smallest absolute Gasteiger partial charge is 0.0700 e. The third-order valence-electron chi connectivity index (χ3n) is 4.84. The van der Waals surface area contributed by atoms with E-state index in [9.17, 15) is 0 Å². The Morgan fingerprint density at radius 2 is 2.22 bits per heavy atom. The molecule has 3 N–H and O–H groups in total. The molecule has 1 saturated heterocycles. The Hall–Kier alpha value is -0.160. The molecule has 4 heteroatoms. The molecule has 1 heterocycles. The van der Waals surface area contributed by atoms with E-state index >= 15 is 0 Å². The first-order valence-electron chi connectivity index (χ1n) is 7.22. The van der Waals surface area contributed by atoms with E-state index in [1.54, 1.807) is 0 Å². The molecule has 3 atom stereocenters. The summed E-state index contributed by atoms with van der Waals surface area (Å²) in [4.78, 5) is 0. The van der Waals surface area contributed by atoms with Gasteiger partial charge in [-0.25, -0.2) is 0 Å². The van der Waals surface area contributed by atoms with Gasteiger partial charge in [-0.05, 0) is 26.2 Å². The first kappa shape index (κ1) is 14.3. The van der Waals surface area contributed by atoms with Gasteiger partial charge in [0.2, 0.25) is 0 Å². The molecule has 0 amide bonds. The predicted molar refractivity (Wildman–Crippen MR) is 72.6 cm³/mol. The lowest BCUT2D eigenvalue weighted by Crippen LogP contribution is -2.73. The van der Waals surface area contributed by atoms with Gasteiger partial charge in [0.05, 0.1) is 12.2 Å². The summed E-state index contributed by atoms with van der Waals surface area (Å²) in [6.07, 6.45) is 4.01. The van der Waals surface area contributed by atoms with Crippen LogP contribution in [0.1, 0.15) is 40.0 Å². The summed E-state index contributed by atoms with van der Waals surface area (Å²) >= 11 is 0. The van der Waals surface area contributed by atoms with Crippen molar-refractivity contribution >= 4 is 0 Å². The van der Waals surface area contributed by atoms with Crippen LogP contribution in [0.25, 0.3) is 0 Å². The van der Waals surface area contributed by atoms with E-state index in [-0.39, 0.29) is 11.0 Å². The Morgan fingerprint density at radius 1 is 1.44 bits per heavy atom. The Bertz CT molecular complexity index is 277. The van der Waals surface area contributed by atoms with Gasteiger partial charge in [-0.15, -0.1) is 0 Å². The lowest BCUT2D eigenvalue weighted by Gasteiger charge is -2.59. The molecule has 2 aliphatic rings. The van der Waals surface area contributed by atoms with E-state index in [1.807, 2.05) is 6.92 Å². The molecule has 0 spiro atoms. The van der Waals surface area contributed by atoms with Crippen LogP contribution in [-0.4, -0.2) is 44.1 Å². The first-order chi connectivity index (χ1) is 8.49. The predicted octanol–water partition coefficient (Wildman–Crippen LogP) is 1.29. The fourth-order valence-corrected chi connectivity index (χ4v) is 3.07. The van der Waals surface area contributed by atoms with Gasteiger partial charge in [-0.1, -0.05) is 13.8 Å². The molecule has 1 saturated carbocycles. The second kappa shape index (κ2) is 5.45. The van der Waals surface area contributed by atoms with Crippen LogP contribution in [0.15, 0.2) is 0 Å². The van der Waals surface area contributed by atoms with Gasteiger partial charge >= 0.3 is 0 Å². The van der Waals surface area contributed by atoms with Crippen molar-refractivity contribution in [1.82, 2.24) is 5.32 Å². The molecule has 0 aromatic rings. The molecule has 0 aromatic carbocycles. The minimum Gasteiger partial charge on any atom is -0.378 e. The minimum atomic E-state index is -0.147. The molecular formula is C14H28N2O2. The standard InChI is InChI=1S/C14H28N2O2/c1-4-17-12-8-14(15,13(12,2)3)10-16-9-11-6-5-7-18-11/h11-12,16H,4-10,15H2,1-3H3. The Balaban J connectivity index is 1.75. The van der Waals surface area contributed by atoms with Gasteiger partial charge in [0.1, 0.15) is 0 Å². The largest absolute Gasteiger partial charge is 0.378 e. The van der Waals surface area contributed by atoms with Crippen LogP contribution >= 0.6 is 0 Å². The van der Waals surface area contributed by atoms with Crippen LogP contribution in [0.4, 0.5) is 0 Å². The normalized spacial score (nSPS) is 38.7. The Morgan fingerprint density at radius 3 is 2.78 bits per heavy atom. The minimum absolute atomic E-state index is 0.0482. The lowest BCUT2D eigenvalue weighted by atomic mass is 9.54. The quantitative estimate of drug-likeness (QED) is 0.752. The molecule has 2 rings (SSSR count). The van der Waals surface area contributed by atoms with E-state index in [1.165, 1.54) is 12.8 Å². The maximum Gasteiger partial charge on any atom is 0.0700 e. The van der Waals surface area contributed by atoms with Crippen molar-refractivity contribution in [3.05, 3.63) is 0 Å². The summed E-state index contributed by atoms with van der Waals surface area (Å²) in [5.74, 6) is 0. The molecule has 3 unspecified atom stereocenters. The summed E-state index contributed by atoms with van der Waals surface area (Å²) in [7, 11) is 0. The molecule has 1 aliphatic heterocycles. The lowest BCUT2D eigenvalue weighted by molar-refractivity contribution is -0.148. The van der Waals surface area contributed by atoms with E-state index in [4.69, 9.17) is 15.2 Å². The van der Waals surface area contributed by atoms with Crippen LogP contribution in [0.3, 0.4) is 0 Å². The molecule has 0 radical (unpaired) electrons. The fourth-order valence-electron chi connectivity index (χ4n) is 3.07. The molecule has 0 bridgehead atoms. The monoisotopic (exact) mass is 256 g/mol. The third-order valence-corrected chi connectivity index (χ3v) is 4.84. The molecule has 1 aliphatic carbocycles. The summed E-state index contributed by atoms with van der Waals surface area (Å²) in [6, 6.07) is 0. The van der Waals surface area contributed by atoms with Crippen LogP contribution in [-0.2, 0) is 9.47 Å². The highest BCUT2D eigenvalue weighted by atomic mass is 16.5. The highest BCUT2D eigenvalue weighted by molar-refractivity contribution is 5.14. The zero-order valence-corrected chi connectivity index (χ0v) is 12.0.